The highest BCUT2D eigenvalue weighted by atomic mass is 35.5. The van der Waals surface area contributed by atoms with Gasteiger partial charge in [0.2, 0.25) is 11.2 Å². The van der Waals surface area contributed by atoms with E-state index in [0.29, 0.717) is 10.8 Å². The number of anilines is 1. The summed E-state index contributed by atoms with van der Waals surface area (Å²) in [4.78, 5) is 11.2. The third-order valence-corrected chi connectivity index (χ3v) is 2.54. The van der Waals surface area contributed by atoms with Crippen molar-refractivity contribution in [2.24, 2.45) is 0 Å². The van der Waals surface area contributed by atoms with E-state index in [1.807, 2.05) is 6.92 Å². The highest BCUT2D eigenvalue weighted by Gasteiger charge is 2.06. The van der Waals surface area contributed by atoms with E-state index in [0.717, 1.165) is 5.56 Å². The lowest BCUT2D eigenvalue weighted by Crippen LogP contribution is -2.00. The molecule has 0 radical (unpaired) electrons. The Morgan fingerprint density at radius 1 is 1.18 bits per heavy atom. The van der Waals surface area contributed by atoms with Crippen LogP contribution in [0.15, 0.2) is 18.2 Å². The first-order valence-corrected chi connectivity index (χ1v) is 5.41. The Morgan fingerprint density at radius 2 is 1.94 bits per heavy atom. The predicted octanol–water partition coefficient (Wildman–Crippen LogP) is 2.86. The lowest BCUT2D eigenvalue weighted by Gasteiger charge is -2.05. The van der Waals surface area contributed by atoms with Crippen molar-refractivity contribution in [2.45, 2.75) is 6.92 Å². The molecule has 0 bridgehead atoms. The topological polar surface area (TPSA) is 73.9 Å². The third-order valence-electron chi connectivity index (χ3n) is 1.94. The number of rotatable bonds is 2. The summed E-state index contributed by atoms with van der Waals surface area (Å²) < 4.78 is 5.39. The molecule has 5 nitrogen and oxygen atoms in total. The first kappa shape index (κ1) is 11.9. The van der Waals surface area contributed by atoms with Crippen LogP contribution in [-0.2, 0) is 0 Å². The van der Waals surface area contributed by atoms with E-state index in [1.165, 1.54) is 0 Å². The average molecular weight is 271 g/mol. The van der Waals surface area contributed by atoms with Crippen molar-refractivity contribution in [3.63, 3.8) is 0 Å². The van der Waals surface area contributed by atoms with Crippen molar-refractivity contribution in [3.8, 4) is 11.8 Å². The molecule has 0 amide bonds. The molecule has 0 atom stereocenters. The van der Waals surface area contributed by atoms with Crippen LogP contribution in [0.3, 0.4) is 0 Å². The third kappa shape index (κ3) is 2.95. The molecule has 2 N–H and O–H groups in total. The maximum atomic E-state index is 5.90. The number of aromatic nitrogens is 3. The molecule has 1 aromatic carbocycles. The van der Waals surface area contributed by atoms with Gasteiger partial charge in [-0.3, -0.25) is 0 Å². The van der Waals surface area contributed by atoms with Crippen LogP contribution < -0.4 is 10.5 Å². The van der Waals surface area contributed by atoms with Gasteiger partial charge in [0.15, 0.2) is 0 Å². The Balaban J connectivity index is 2.28. The molecule has 0 saturated carbocycles. The molecule has 0 spiro atoms. The zero-order valence-corrected chi connectivity index (χ0v) is 10.3. The Bertz CT molecular complexity index is 542. The molecule has 0 aliphatic rings. The number of ether oxygens (including phenoxy) is 1. The van der Waals surface area contributed by atoms with Crippen molar-refractivity contribution < 1.29 is 4.74 Å². The first-order chi connectivity index (χ1) is 8.04. The maximum Gasteiger partial charge on any atom is 0.328 e. The van der Waals surface area contributed by atoms with Gasteiger partial charge in [-0.1, -0.05) is 11.6 Å². The van der Waals surface area contributed by atoms with Gasteiger partial charge in [0.1, 0.15) is 5.75 Å². The summed E-state index contributed by atoms with van der Waals surface area (Å²) in [6.45, 7) is 1.87. The number of benzene rings is 1. The fourth-order valence-corrected chi connectivity index (χ4v) is 1.45. The molecule has 0 aliphatic carbocycles. The molecular weight excluding hydrogens is 263 g/mol. The number of halogens is 2. The highest BCUT2D eigenvalue weighted by molar-refractivity contribution is 6.31. The second-order valence-corrected chi connectivity index (χ2v) is 4.00. The van der Waals surface area contributed by atoms with Gasteiger partial charge >= 0.3 is 6.01 Å². The van der Waals surface area contributed by atoms with Crippen LogP contribution in [0.25, 0.3) is 0 Å². The van der Waals surface area contributed by atoms with E-state index in [-0.39, 0.29) is 17.2 Å². The van der Waals surface area contributed by atoms with Gasteiger partial charge in [-0.25, -0.2) is 0 Å². The molecule has 7 heteroatoms. The predicted molar refractivity (Wildman–Crippen MR) is 65.5 cm³/mol. The molecule has 0 unspecified atom stereocenters. The van der Waals surface area contributed by atoms with Crippen LogP contribution in [0, 0.1) is 6.92 Å². The Labute approximate surface area is 108 Å². The lowest BCUT2D eigenvalue weighted by molar-refractivity contribution is 0.440. The van der Waals surface area contributed by atoms with Crippen molar-refractivity contribution >= 4 is 29.2 Å². The van der Waals surface area contributed by atoms with E-state index >= 15 is 0 Å². The number of hydrogen-bond acceptors (Lipinski definition) is 5. The highest BCUT2D eigenvalue weighted by Crippen LogP contribution is 2.24. The molecule has 88 valence electrons. The summed E-state index contributed by atoms with van der Waals surface area (Å²) in [5, 5.41) is 0.642. The van der Waals surface area contributed by atoms with Gasteiger partial charge in [-0.05, 0) is 42.3 Å². The minimum Gasteiger partial charge on any atom is -0.424 e. The quantitative estimate of drug-likeness (QED) is 0.909. The fraction of sp³-hybridized carbons (Fsp3) is 0.100. The molecule has 0 aliphatic heterocycles. The van der Waals surface area contributed by atoms with Crippen LogP contribution in [-0.4, -0.2) is 15.0 Å². The lowest BCUT2D eigenvalue weighted by atomic mass is 10.2. The summed E-state index contributed by atoms with van der Waals surface area (Å²) in [7, 11) is 0. The fourth-order valence-electron chi connectivity index (χ4n) is 1.18. The molecule has 2 rings (SSSR count). The van der Waals surface area contributed by atoms with Gasteiger partial charge in [0, 0.05) is 5.02 Å². The van der Waals surface area contributed by atoms with E-state index in [9.17, 15) is 0 Å². The van der Waals surface area contributed by atoms with Gasteiger partial charge in [-0.15, -0.1) is 0 Å². The molecule has 2 aromatic rings. The summed E-state index contributed by atoms with van der Waals surface area (Å²) in [5.41, 5.74) is 6.31. The first-order valence-electron chi connectivity index (χ1n) is 4.65. The summed E-state index contributed by atoms with van der Waals surface area (Å²) >= 11 is 11.5. The van der Waals surface area contributed by atoms with Crippen LogP contribution in [0.1, 0.15) is 5.56 Å². The number of nitrogens with zero attached hydrogens (tertiary/aromatic N) is 3. The van der Waals surface area contributed by atoms with E-state index in [2.05, 4.69) is 15.0 Å². The second-order valence-electron chi connectivity index (χ2n) is 3.26. The summed E-state index contributed by atoms with van der Waals surface area (Å²) in [6, 6.07) is 5.22. The maximum absolute atomic E-state index is 5.90. The molecule has 0 fully saturated rings. The van der Waals surface area contributed by atoms with Crippen molar-refractivity contribution in [1.82, 2.24) is 15.0 Å². The molecule has 0 saturated heterocycles. The molecule has 17 heavy (non-hydrogen) atoms. The Hall–Kier alpha value is -1.59. The molecular formula is C10H8Cl2N4O. The molecule has 1 heterocycles. The van der Waals surface area contributed by atoms with Crippen LogP contribution in [0.2, 0.25) is 10.3 Å². The van der Waals surface area contributed by atoms with Crippen LogP contribution in [0.5, 0.6) is 11.8 Å². The van der Waals surface area contributed by atoms with Gasteiger partial charge < -0.3 is 10.5 Å². The minimum absolute atomic E-state index is 0.00526. The Morgan fingerprint density at radius 3 is 2.59 bits per heavy atom. The number of hydrogen-bond donors (Lipinski definition) is 1. The molecule has 1 aromatic heterocycles. The van der Waals surface area contributed by atoms with Crippen molar-refractivity contribution in [3.05, 3.63) is 34.1 Å². The zero-order valence-electron chi connectivity index (χ0n) is 8.82. The van der Waals surface area contributed by atoms with Crippen molar-refractivity contribution in [2.75, 3.05) is 5.73 Å². The van der Waals surface area contributed by atoms with Gasteiger partial charge in [-0.2, -0.15) is 15.0 Å². The summed E-state index contributed by atoms with van der Waals surface area (Å²) in [6.07, 6.45) is 0. The number of nitrogen functional groups attached to an aromatic ring is 1. The van der Waals surface area contributed by atoms with Gasteiger partial charge in [0.05, 0.1) is 0 Å². The normalized spacial score (nSPS) is 10.3. The number of aryl methyl sites for hydroxylation is 1. The Kier molecular flexibility index (Phi) is 3.31. The summed E-state index contributed by atoms with van der Waals surface area (Å²) in [5.74, 6) is 0.555. The van der Waals surface area contributed by atoms with Crippen LogP contribution >= 0.6 is 23.2 Å². The van der Waals surface area contributed by atoms with Crippen molar-refractivity contribution in [1.29, 1.82) is 0 Å². The largest absolute Gasteiger partial charge is 0.424 e. The monoisotopic (exact) mass is 270 g/mol. The standard InChI is InChI=1S/C10H8Cl2N4O/c1-5-4-6(2-3-7(5)11)17-10-15-8(12)14-9(13)16-10/h2-4H,1H3,(H2,13,14,15,16). The second kappa shape index (κ2) is 4.73. The smallest absolute Gasteiger partial charge is 0.328 e. The zero-order chi connectivity index (χ0) is 12.4. The van der Waals surface area contributed by atoms with E-state index < -0.39 is 0 Å². The number of nitrogens with two attached hydrogens (primary N) is 1. The SMILES string of the molecule is Cc1cc(Oc2nc(N)nc(Cl)n2)ccc1Cl. The van der Waals surface area contributed by atoms with E-state index in [4.69, 9.17) is 33.7 Å². The minimum atomic E-state index is -0.0156. The average Bonchev–Trinajstić information content (AvgIpc) is 2.22. The van der Waals surface area contributed by atoms with Crippen LogP contribution in [0.4, 0.5) is 5.95 Å². The van der Waals surface area contributed by atoms with E-state index in [1.54, 1.807) is 18.2 Å². The van der Waals surface area contributed by atoms with Gasteiger partial charge in [0.25, 0.3) is 0 Å².